The normalized spacial score (nSPS) is 16.9. The van der Waals surface area contributed by atoms with Crippen LogP contribution in [0.4, 0.5) is 0 Å². The molecule has 27 heavy (non-hydrogen) atoms. The Morgan fingerprint density at radius 1 is 1.30 bits per heavy atom. The molecule has 0 amide bonds. The quantitative estimate of drug-likeness (QED) is 0.764. The van der Waals surface area contributed by atoms with Crippen LogP contribution in [0, 0.1) is 5.92 Å². The molecule has 0 fully saturated rings. The van der Waals surface area contributed by atoms with Gasteiger partial charge < -0.3 is 4.42 Å². The largest absolute Gasteiger partial charge is 0.469 e. The smallest absolute Gasteiger partial charge is 0.329 e. The van der Waals surface area contributed by atoms with Crippen LogP contribution in [0.15, 0.2) is 38.6 Å². The first-order valence-electron chi connectivity index (χ1n) is 9.17. The predicted octanol–water partition coefficient (Wildman–Crippen LogP) is 2.64. The molecule has 3 aromatic rings. The zero-order chi connectivity index (χ0) is 19.1. The number of H-pyrrole nitrogens is 1. The zero-order valence-electron chi connectivity index (χ0n) is 15.3. The number of Topliss-reactive ketones (excluding diaryl/α,β-unsaturated/α-hetero) is 1. The van der Waals surface area contributed by atoms with Crippen molar-refractivity contribution in [3.05, 3.63) is 62.3 Å². The van der Waals surface area contributed by atoms with Crippen molar-refractivity contribution in [2.45, 2.75) is 45.6 Å². The molecule has 0 saturated heterocycles. The molecule has 1 N–H and O–H groups in total. The van der Waals surface area contributed by atoms with Gasteiger partial charge in [0.1, 0.15) is 11.4 Å². The molecule has 0 aromatic carbocycles. The first kappa shape index (κ1) is 17.5. The fraction of sp³-hybridized carbons (Fsp3) is 0.400. The molecule has 0 bridgehead atoms. The maximum atomic E-state index is 12.7. The Morgan fingerprint density at radius 2 is 2.11 bits per heavy atom. The Bertz CT molecular complexity index is 1120. The highest BCUT2D eigenvalue weighted by atomic mass is 16.3. The van der Waals surface area contributed by atoms with Gasteiger partial charge in [0.25, 0.3) is 5.56 Å². The highest BCUT2D eigenvalue weighted by molar-refractivity contribution is 6.02. The second kappa shape index (κ2) is 6.64. The summed E-state index contributed by atoms with van der Waals surface area (Å²) in [6.45, 7) is 4.60. The van der Waals surface area contributed by atoms with Crippen molar-refractivity contribution in [3.8, 4) is 0 Å². The van der Waals surface area contributed by atoms with Crippen molar-refractivity contribution >= 4 is 16.8 Å². The maximum absolute atomic E-state index is 12.7. The van der Waals surface area contributed by atoms with E-state index in [0.717, 1.165) is 12.2 Å². The molecular formula is C20H21N3O4. The molecule has 140 valence electrons. The van der Waals surface area contributed by atoms with Gasteiger partial charge in [-0.2, -0.15) is 0 Å². The summed E-state index contributed by atoms with van der Waals surface area (Å²) in [5.41, 5.74) is 0.497. The number of nitrogens with zero attached hydrogens (tertiary/aromatic N) is 2. The third-order valence-electron chi connectivity index (χ3n) is 5.17. The average molecular weight is 367 g/mol. The number of carbonyl (C=O) groups excluding carboxylic acids is 1. The fourth-order valence-electron chi connectivity index (χ4n) is 3.73. The number of aryl methyl sites for hydroxylation is 1. The molecule has 1 aliphatic carbocycles. The summed E-state index contributed by atoms with van der Waals surface area (Å²) in [4.78, 5) is 44.3. The topological polar surface area (TPSA) is 98.0 Å². The van der Waals surface area contributed by atoms with Gasteiger partial charge in [-0.1, -0.05) is 13.8 Å². The number of carbonyl (C=O) groups is 1. The maximum Gasteiger partial charge on any atom is 0.329 e. The lowest BCUT2D eigenvalue weighted by atomic mass is 9.81. The van der Waals surface area contributed by atoms with Gasteiger partial charge in [-0.3, -0.25) is 19.1 Å². The summed E-state index contributed by atoms with van der Waals surface area (Å²) in [5, 5.41) is 0.334. The zero-order valence-corrected chi connectivity index (χ0v) is 15.3. The number of nitrogens with one attached hydrogen (secondary N) is 1. The number of furan rings is 1. The number of ketones is 1. The summed E-state index contributed by atoms with van der Waals surface area (Å²) in [6, 6.07) is 3.63. The first-order valence-corrected chi connectivity index (χ1v) is 9.17. The van der Waals surface area contributed by atoms with Crippen LogP contribution in [0.25, 0.3) is 11.0 Å². The second-order valence-corrected chi connectivity index (χ2v) is 7.49. The standard InChI is InChI=1S/C20H21N3O4/c1-11(2)5-6-23-18-17(19(25)22-20(23)26)13-8-12(16-4-3-7-27-16)9-15(24)14(13)10-21-18/h3-4,7,10-12H,5-6,8-9H2,1-2H3,(H,22,25,26)/t12-/m0/s1. The molecule has 0 aliphatic heterocycles. The van der Waals surface area contributed by atoms with E-state index in [-0.39, 0.29) is 11.7 Å². The van der Waals surface area contributed by atoms with Crippen LogP contribution >= 0.6 is 0 Å². The van der Waals surface area contributed by atoms with Crippen LogP contribution in [-0.2, 0) is 13.0 Å². The third kappa shape index (κ3) is 3.03. The molecule has 3 aromatic heterocycles. The number of aromatic nitrogens is 3. The monoisotopic (exact) mass is 367 g/mol. The molecular weight excluding hydrogens is 346 g/mol. The third-order valence-corrected chi connectivity index (χ3v) is 5.17. The minimum absolute atomic E-state index is 0.0635. The number of rotatable bonds is 4. The van der Waals surface area contributed by atoms with Crippen molar-refractivity contribution < 1.29 is 9.21 Å². The van der Waals surface area contributed by atoms with Gasteiger partial charge in [0, 0.05) is 30.6 Å². The van der Waals surface area contributed by atoms with E-state index in [9.17, 15) is 14.4 Å². The Balaban J connectivity index is 1.91. The first-order chi connectivity index (χ1) is 13.0. The summed E-state index contributed by atoms with van der Waals surface area (Å²) < 4.78 is 6.98. The fourth-order valence-corrected chi connectivity index (χ4v) is 3.73. The highest BCUT2D eigenvalue weighted by Gasteiger charge is 2.31. The van der Waals surface area contributed by atoms with Gasteiger partial charge >= 0.3 is 5.69 Å². The van der Waals surface area contributed by atoms with Crippen molar-refractivity contribution in [2.24, 2.45) is 5.92 Å². The average Bonchev–Trinajstić information content (AvgIpc) is 3.15. The highest BCUT2D eigenvalue weighted by Crippen LogP contribution is 2.34. The Hall–Kier alpha value is -2.96. The molecule has 7 nitrogen and oxygen atoms in total. The summed E-state index contributed by atoms with van der Waals surface area (Å²) in [7, 11) is 0. The summed E-state index contributed by atoms with van der Waals surface area (Å²) in [6.07, 6.45) is 4.69. The molecule has 0 saturated carbocycles. The van der Waals surface area contributed by atoms with Crippen molar-refractivity contribution in [1.29, 1.82) is 0 Å². The number of pyridine rings is 1. The van der Waals surface area contributed by atoms with E-state index >= 15 is 0 Å². The van der Waals surface area contributed by atoms with Gasteiger partial charge in [0.05, 0.1) is 11.6 Å². The number of hydrogen-bond acceptors (Lipinski definition) is 5. The van der Waals surface area contributed by atoms with Crippen LogP contribution in [0.1, 0.15) is 54.3 Å². The van der Waals surface area contributed by atoms with E-state index in [1.165, 1.54) is 10.8 Å². The van der Waals surface area contributed by atoms with E-state index < -0.39 is 11.2 Å². The Labute approximate surface area is 155 Å². The Kier molecular flexibility index (Phi) is 4.30. The second-order valence-electron chi connectivity index (χ2n) is 7.49. The molecule has 3 heterocycles. The molecule has 7 heteroatoms. The van der Waals surface area contributed by atoms with E-state index in [4.69, 9.17) is 4.42 Å². The lowest BCUT2D eigenvalue weighted by Crippen LogP contribution is -2.33. The molecule has 0 spiro atoms. The van der Waals surface area contributed by atoms with Crippen LogP contribution in [-0.4, -0.2) is 20.3 Å². The minimum Gasteiger partial charge on any atom is -0.469 e. The minimum atomic E-state index is -0.493. The number of aromatic amines is 1. The molecule has 4 rings (SSSR count). The van der Waals surface area contributed by atoms with E-state index in [1.54, 1.807) is 12.3 Å². The van der Waals surface area contributed by atoms with Crippen LogP contribution in [0.5, 0.6) is 0 Å². The van der Waals surface area contributed by atoms with Crippen molar-refractivity contribution in [1.82, 2.24) is 14.5 Å². The van der Waals surface area contributed by atoms with E-state index in [0.29, 0.717) is 47.5 Å². The van der Waals surface area contributed by atoms with Crippen molar-refractivity contribution in [2.75, 3.05) is 0 Å². The van der Waals surface area contributed by atoms with Crippen LogP contribution in [0.2, 0.25) is 0 Å². The number of fused-ring (bicyclic) bond motifs is 3. The van der Waals surface area contributed by atoms with Gasteiger partial charge in [0.2, 0.25) is 0 Å². The molecule has 1 aliphatic rings. The summed E-state index contributed by atoms with van der Waals surface area (Å²) in [5.74, 6) is 0.942. The molecule has 0 unspecified atom stereocenters. The number of hydrogen-bond donors (Lipinski definition) is 1. The van der Waals surface area contributed by atoms with Crippen LogP contribution in [0.3, 0.4) is 0 Å². The van der Waals surface area contributed by atoms with Gasteiger partial charge in [0.15, 0.2) is 5.78 Å². The lowest BCUT2D eigenvalue weighted by molar-refractivity contribution is 0.0960. The van der Waals surface area contributed by atoms with Gasteiger partial charge in [-0.25, -0.2) is 9.78 Å². The van der Waals surface area contributed by atoms with Crippen LogP contribution < -0.4 is 11.2 Å². The SMILES string of the molecule is CC(C)CCn1c(=O)[nH]c(=O)c2c3c(cnc21)C(=O)C[C@@H](c1ccco1)C3. The van der Waals surface area contributed by atoms with Gasteiger partial charge in [-0.05, 0) is 36.5 Å². The molecule has 1 atom stereocenters. The Morgan fingerprint density at radius 3 is 2.81 bits per heavy atom. The predicted molar refractivity (Wildman–Crippen MR) is 100 cm³/mol. The van der Waals surface area contributed by atoms with Gasteiger partial charge in [-0.15, -0.1) is 0 Å². The molecule has 0 radical (unpaired) electrons. The van der Waals surface area contributed by atoms with E-state index in [2.05, 4.69) is 23.8 Å². The van der Waals surface area contributed by atoms with Crippen molar-refractivity contribution in [3.63, 3.8) is 0 Å². The lowest BCUT2D eigenvalue weighted by Gasteiger charge is -2.23. The summed E-state index contributed by atoms with van der Waals surface area (Å²) >= 11 is 0. The van der Waals surface area contributed by atoms with E-state index in [1.807, 2.05) is 6.07 Å².